The number of amides is 4. The SMILES string of the molecule is CCN1C(=O)c2ccc3c4c(ccc(c24)C1=O)C(=O)N(C(C)C)C3=O. The van der Waals surface area contributed by atoms with Gasteiger partial charge < -0.3 is 0 Å². The molecule has 0 aliphatic carbocycles. The van der Waals surface area contributed by atoms with E-state index in [-0.39, 0.29) is 12.6 Å². The zero-order valence-electron chi connectivity index (χ0n) is 14.1. The molecule has 2 heterocycles. The molecule has 0 saturated carbocycles. The maximum atomic E-state index is 12.8. The molecule has 0 N–H and O–H groups in total. The summed E-state index contributed by atoms with van der Waals surface area (Å²) in [6, 6.07) is 6.03. The van der Waals surface area contributed by atoms with E-state index in [2.05, 4.69) is 0 Å². The van der Waals surface area contributed by atoms with Crippen LogP contribution in [-0.4, -0.2) is 46.0 Å². The van der Waals surface area contributed by atoms with Crippen molar-refractivity contribution in [1.82, 2.24) is 9.80 Å². The molecule has 4 rings (SSSR count). The van der Waals surface area contributed by atoms with Crippen LogP contribution in [-0.2, 0) is 0 Å². The highest BCUT2D eigenvalue weighted by atomic mass is 16.2. The van der Waals surface area contributed by atoms with Crippen molar-refractivity contribution in [2.45, 2.75) is 26.8 Å². The van der Waals surface area contributed by atoms with E-state index in [1.165, 1.54) is 9.80 Å². The van der Waals surface area contributed by atoms with E-state index in [9.17, 15) is 19.2 Å². The smallest absolute Gasteiger partial charge is 0.261 e. The average molecular weight is 336 g/mol. The van der Waals surface area contributed by atoms with E-state index >= 15 is 0 Å². The molecule has 6 heteroatoms. The molecule has 0 fully saturated rings. The molecule has 0 aromatic heterocycles. The van der Waals surface area contributed by atoms with E-state index in [1.807, 2.05) is 0 Å². The van der Waals surface area contributed by atoms with Gasteiger partial charge in [-0.1, -0.05) is 0 Å². The van der Waals surface area contributed by atoms with E-state index in [1.54, 1.807) is 45.0 Å². The summed E-state index contributed by atoms with van der Waals surface area (Å²) in [4.78, 5) is 53.2. The second-order valence-electron chi connectivity index (χ2n) is 6.50. The number of rotatable bonds is 2. The first-order valence-electron chi connectivity index (χ1n) is 8.22. The normalized spacial score (nSPS) is 16.5. The highest BCUT2D eigenvalue weighted by Crippen LogP contribution is 2.38. The molecule has 2 aliphatic rings. The molecule has 25 heavy (non-hydrogen) atoms. The lowest BCUT2D eigenvalue weighted by molar-refractivity contribution is 0.0556. The first kappa shape index (κ1) is 15.5. The number of carbonyl (C=O) groups is 4. The summed E-state index contributed by atoms with van der Waals surface area (Å²) in [6.45, 7) is 5.55. The van der Waals surface area contributed by atoms with E-state index in [0.717, 1.165) is 0 Å². The Morgan fingerprint density at radius 2 is 1.08 bits per heavy atom. The van der Waals surface area contributed by atoms with Crippen LogP contribution in [0.15, 0.2) is 24.3 Å². The molecule has 126 valence electrons. The lowest BCUT2D eigenvalue weighted by atomic mass is 9.85. The van der Waals surface area contributed by atoms with Crippen molar-refractivity contribution in [3.63, 3.8) is 0 Å². The van der Waals surface area contributed by atoms with Gasteiger partial charge in [-0.3, -0.25) is 29.0 Å². The maximum absolute atomic E-state index is 12.8. The van der Waals surface area contributed by atoms with Crippen molar-refractivity contribution in [3.8, 4) is 0 Å². The Balaban J connectivity index is 2.11. The van der Waals surface area contributed by atoms with Crippen molar-refractivity contribution < 1.29 is 19.2 Å². The Hall–Kier alpha value is -3.02. The van der Waals surface area contributed by atoms with Gasteiger partial charge in [0.2, 0.25) is 0 Å². The third kappa shape index (κ3) is 1.79. The van der Waals surface area contributed by atoms with Crippen LogP contribution in [0.1, 0.15) is 62.2 Å². The number of imide groups is 2. The van der Waals surface area contributed by atoms with Gasteiger partial charge in [0.1, 0.15) is 0 Å². The monoisotopic (exact) mass is 336 g/mol. The predicted molar refractivity (Wildman–Crippen MR) is 90.6 cm³/mol. The van der Waals surface area contributed by atoms with Crippen LogP contribution in [0, 0.1) is 0 Å². The molecule has 6 nitrogen and oxygen atoms in total. The molecule has 0 atom stereocenters. The molecule has 0 unspecified atom stereocenters. The Bertz CT molecular complexity index is 935. The van der Waals surface area contributed by atoms with Gasteiger partial charge in [0.05, 0.1) is 0 Å². The van der Waals surface area contributed by atoms with Crippen LogP contribution in [0.5, 0.6) is 0 Å². The second-order valence-corrected chi connectivity index (χ2v) is 6.50. The Kier molecular flexibility index (Phi) is 3.09. The third-order valence-electron chi connectivity index (χ3n) is 4.84. The third-order valence-corrected chi connectivity index (χ3v) is 4.84. The minimum atomic E-state index is -0.394. The number of hydrogen-bond donors (Lipinski definition) is 0. The summed E-state index contributed by atoms with van der Waals surface area (Å²) in [5.74, 6) is -1.58. The lowest BCUT2D eigenvalue weighted by Gasteiger charge is -2.33. The molecule has 0 saturated heterocycles. The Labute approximate surface area is 144 Å². The fraction of sp³-hybridized carbons (Fsp3) is 0.263. The first-order valence-corrected chi connectivity index (χ1v) is 8.22. The zero-order chi connectivity index (χ0) is 18.0. The van der Waals surface area contributed by atoms with E-state index < -0.39 is 23.6 Å². The van der Waals surface area contributed by atoms with Crippen molar-refractivity contribution in [2.75, 3.05) is 6.54 Å². The van der Waals surface area contributed by atoms with Crippen molar-refractivity contribution >= 4 is 34.4 Å². The number of benzene rings is 2. The quantitative estimate of drug-likeness (QED) is 0.790. The first-order chi connectivity index (χ1) is 11.9. The van der Waals surface area contributed by atoms with Crippen LogP contribution < -0.4 is 0 Å². The summed E-state index contributed by atoms with van der Waals surface area (Å²) in [5, 5.41) is 0.833. The van der Waals surface area contributed by atoms with Crippen LogP contribution >= 0.6 is 0 Å². The van der Waals surface area contributed by atoms with Gasteiger partial charge in [-0.2, -0.15) is 0 Å². The summed E-state index contributed by atoms with van der Waals surface area (Å²) >= 11 is 0. The van der Waals surface area contributed by atoms with Crippen LogP contribution in [0.4, 0.5) is 0 Å². The van der Waals surface area contributed by atoms with Gasteiger partial charge in [0.25, 0.3) is 23.6 Å². The Morgan fingerprint density at radius 1 is 0.720 bits per heavy atom. The molecule has 0 spiro atoms. The summed E-state index contributed by atoms with van der Waals surface area (Å²) in [5.41, 5.74) is 1.43. The molecule has 2 aromatic carbocycles. The molecule has 2 aromatic rings. The Morgan fingerprint density at radius 3 is 1.40 bits per heavy atom. The van der Waals surface area contributed by atoms with Crippen molar-refractivity contribution in [2.24, 2.45) is 0 Å². The number of hydrogen-bond acceptors (Lipinski definition) is 4. The van der Waals surface area contributed by atoms with Gasteiger partial charge >= 0.3 is 0 Å². The standard InChI is InChI=1S/C19H16N2O4/c1-4-20-16(22)10-5-7-12-15-13(8-6-11(14(10)15)17(20)23)19(25)21(9(2)3)18(12)24/h5-9H,4H2,1-3H3. The van der Waals surface area contributed by atoms with Gasteiger partial charge in [-0.05, 0) is 45.0 Å². The highest BCUT2D eigenvalue weighted by Gasteiger charge is 2.39. The molecule has 0 radical (unpaired) electrons. The average Bonchev–Trinajstić information content (AvgIpc) is 2.58. The molecule has 0 bridgehead atoms. The van der Waals surface area contributed by atoms with Gasteiger partial charge in [-0.15, -0.1) is 0 Å². The fourth-order valence-electron chi connectivity index (χ4n) is 3.70. The van der Waals surface area contributed by atoms with E-state index in [0.29, 0.717) is 33.0 Å². The van der Waals surface area contributed by atoms with Gasteiger partial charge in [0.15, 0.2) is 0 Å². The van der Waals surface area contributed by atoms with Crippen LogP contribution in [0.25, 0.3) is 10.8 Å². The predicted octanol–water partition coefficient (Wildman–Crippen LogP) is 2.46. The fourth-order valence-corrected chi connectivity index (χ4v) is 3.70. The van der Waals surface area contributed by atoms with Crippen molar-refractivity contribution in [3.05, 3.63) is 46.5 Å². The number of nitrogens with zero attached hydrogens (tertiary/aromatic N) is 2. The van der Waals surface area contributed by atoms with Gasteiger partial charge in [-0.25, -0.2) is 0 Å². The summed E-state index contributed by atoms with van der Waals surface area (Å²) in [6.07, 6.45) is 0. The molecular formula is C19H16N2O4. The number of carbonyl (C=O) groups excluding carboxylic acids is 4. The maximum Gasteiger partial charge on any atom is 0.261 e. The molecule has 4 amide bonds. The second kappa shape index (κ2) is 4.99. The van der Waals surface area contributed by atoms with E-state index in [4.69, 9.17) is 0 Å². The van der Waals surface area contributed by atoms with Crippen LogP contribution in [0.2, 0.25) is 0 Å². The minimum absolute atomic E-state index is 0.265. The molecule has 2 aliphatic heterocycles. The van der Waals surface area contributed by atoms with Crippen molar-refractivity contribution in [1.29, 1.82) is 0 Å². The topological polar surface area (TPSA) is 74.8 Å². The largest absolute Gasteiger partial charge is 0.275 e. The van der Waals surface area contributed by atoms with Gasteiger partial charge in [0, 0.05) is 45.6 Å². The molecular weight excluding hydrogens is 320 g/mol. The minimum Gasteiger partial charge on any atom is -0.275 e. The lowest BCUT2D eigenvalue weighted by Crippen LogP contribution is -2.45. The zero-order valence-corrected chi connectivity index (χ0v) is 14.1. The highest BCUT2D eigenvalue weighted by molar-refractivity contribution is 6.33. The van der Waals surface area contributed by atoms with Crippen LogP contribution in [0.3, 0.4) is 0 Å². The summed E-state index contributed by atoms with van der Waals surface area (Å²) < 4.78 is 0. The summed E-state index contributed by atoms with van der Waals surface area (Å²) in [7, 11) is 0.